The molecular weight excluding hydrogens is 406 g/mol. The van der Waals surface area contributed by atoms with Crippen molar-refractivity contribution in [2.45, 2.75) is 24.7 Å². The van der Waals surface area contributed by atoms with Gasteiger partial charge in [-0.15, -0.1) is 0 Å². The van der Waals surface area contributed by atoms with Crippen LogP contribution < -0.4 is 0 Å². The molecule has 1 amide bonds. The summed E-state index contributed by atoms with van der Waals surface area (Å²) in [5, 5.41) is 8.98. The summed E-state index contributed by atoms with van der Waals surface area (Å²) >= 11 is 0. The van der Waals surface area contributed by atoms with Gasteiger partial charge in [-0.2, -0.15) is 0 Å². The number of carboxylic acids is 1. The number of nitrogens with zero attached hydrogens (tertiary/aromatic N) is 3. The Morgan fingerprint density at radius 2 is 1.50 bits per heavy atom. The Hall–Kier alpha value is -3.74. The van der Waals surface area contributed by atoms with Crippen molar-refractivity contribution in [3.8, 4) is 11.1 Å². The summed E-state index contributed by atoms with van der Waals surface area (Å²) < 4.78 is 5.75. The van der Waals surface area contributed by atoms with Crippen molar-refractivity contribution < 1.29 is 19.4 Å². The van der Waals surface area contributed by atoms with E-state index in [0.717, 1.165) is 12.8 Å². The highest BCUT2D eigenvalue weighted by Gasteiger charge is 2.31. The number of fused-ring (bicyclic) bond motifs is 3. The van der Waals surface area contributed by atoms with Crippen LogP contribution in [0.3, 0.4) is 0 Å². The fourth-order valence-corrected chi connectivity index (χ4v) is 4.66. The molecule has 7 nitrogen and oxygen atoms in total. The molecule has 0 atom stereocenters. The lowest BCUT2D eigenvalue weighted by atomic mass is 9.96. The van der Waals surface area contributed by atoms with E-state index in [-0.39, 0.29) is 23.5 Å². The second-order valence-corrected chi connectivity index (χ2v) is 8.20. The smallest absolute Gasteiger partial charge is 0.409 e. The molecule has 1 saturated heterocycles. The third-order valence-corrected chi connectivity index (χ3v) is 6.37. The number of piperidine rings is 1. The summed E-state index contributed by atoms with van der Waals surface area (Å²) in [6.45, 7) is 1.43. The second-order valence-electron chi connectivity index (χ2n) is 8.20. The highest BCUT2D eigenvalue weighted by Crippen LogP contribution is 2.44. The first-order chi connectivity index (χ1) is 15.6. The molecule has 1 aromatic heterocycles. The summed E-state index contributed by atoms with van der Waals surface area (Å²) in [6, 6.07) is 16.6. The lowest BCUT2D eigenvalue weighted by Gasteiger charge is -2.31. The first-order valence-corrected chi connectivity index (χ1v) is 10.8. The van der Waals surface area contributed by atoms with Crippen molar-refractivity contribution in [2.75, 3.05) is 19.7 Å². The molecule has 0 radical (unpaired) electrons. The monoisotopic (exact) mass is 429 g/mol. The fraction of sp³-hybridized carbons (Fsp3) is 0.280. The van der Waals surface area contributed by atoms with Gasteiger partial charge in [0.2, 0.25) is 0 Å². The molecule has 162 valence electrons. The van der Waals surface area contributed by atoms with Crippen molar-refractivity contribution in [3.63, 3.8) is 0 Å². The number of carbonyl (C=O) groups is 2. The third-order valence-electron chi connectivity index (χ3n) is 6.37. The molecule has 0 unspecified atom stereocenters. The van der Waals surface area contributed by atoms with Crippen LogP contribution in [0.25, 0.3) is 11.1 Å². The number of likely N-dealkylation sites (tertiary alicyclic amines) is 1. The zero-order valence-electron chi connectivity index (χ0n) is 17.5. The summed E-state index contributed by atoms with van der Waals surface area (Å²) in [6.07, 6.45) is 3.81. The summed E-state index contributed by atoms with van der Waals surface area (Å²) in [4.78, 5) is 33.8. The van der Waals surface area contributed by atoms with Crippen LogP contribution in [-0.2, 0) is 4.74 Å². The highest BCUT2D eigenvalue weighted by molar-refractivity contribution is 5.86. The van der Waals surface area contributed by atoms with E-state index in [9.17, 15) is 9.59 Å². The molecule has 0 spiro atoms. The number of carboxylic acid groups (broad SMARTS) is 1. The molecule has 0 bridgehead atoms. The number of hydrogen-bond donors (Lipinski definition) is 1. The number of hydrogen-bond acceptors (Lipinski definition) is 5. The maximum Gasteiger partial charge on any atom is 0.409 e. The Balaban J connectivity index is 1.20. The van der Waals surface area contributed by atoms with Gasteiger partial charge in [-0.25, -0.2) is 19.6 Å². The molecule has 2 heterocycles. The molecule has 1 aliphatic carbocycles. The van der Waals surface area contributed by atoms with Gasteiger partial charge in [0.15, 0.2) is 0 Å². The van der Waals surface area contributed by atoms with Gasteiger partial charge < -0.3 is 14.7 Å². The standard InChI is InChI=1S/C25H23N3O4/c29-24(30)17-13-26-23(27-14-17)16-9-11-28(12-10-16)25(31)32-15-22-20-7-3-1-5-18(20)19-6-2-4-8-21(19)22/h1-8,13-14,16,22H,9-12,15H2,(H,29,30). The first-order valence-electron chi connectivity index (χ1n) is 10.8. The van der Waals surface area contributed by atoms with E-state index in [4.69, 9.17) is 9.84 Å². The molecule has 2 aromatic carbocycles. The van der Waals surface area contributed by atoms with E-state index in [0.29, 0.717) is 25.5 Å². The van der Waals surface area contributed by atoms with Gasteiger partial charge in [0.1, 0.15) is 12.4 Å². The Kier molecular flexibility index (Phi) is 5.31. The topological polar surface area (TPSA) is 92.6 Å². The minimum atomic E-state index is -1.04. The van der Waals surface area contributed by atoms with Crippen molar-refractivity contribution >= 4 is 12.1 Å². The van der Waals surface area contributed by atoms with E-state index in [1.165, 1.54) is 34.6 Å². The lowest BCUT2D eigenvalue weighted by molar-refractivity contribution is 0.0695. The van der Waals surface area contributed by atoms with Crippen molar-refractivity contribution in [1.29, 1.82) is 0 Å². The van der Waals surface area contributed by atoms with Gasteiger partial charge in [-0.05, 0) is 35.1 Å². The molecule has 32 heavy (non-hydrogen) atoms. The van der Waals surface area contributed by atoms with Crippen LogP contribution in [0.5, 0.6) is 0 Å². The number of rotatable bonds is 4. The molecule has 3 aromatic rings. The molecule has 2 aliphatic rings. The summed E-state index contributed by atoms with van der Waals surface area (Å²) in [7, 11) is 0. The lowest BCUT2D eigenvalue weighted by Crippen LogP contribution is -2.39. The van der Waals surface area contributed by atoms with Crippen molar-refractivity contribution in [3.05, 3.63) is 83.4 Å². The van der Waals surface area contributed by atoms with Gasteiger partial charge in [0.05, 0.1) is 5.56 Å². The number of amides is 1. The largest absolute Gasteiger partial charge is 0.478 e. The van der Waals surface area contributed by atoms with Gasteiger partial charge in [-0.3, -0.25) is 0 Å². The van der Waals surface area contributed by atoms with Crippen LogP contribution in [0.15, 0.2) is 60.9 Å². The Morgan fingerprint density at radius 3 is 2.06 bits per heavy atom. The van der Waals surface area contributed by atoms with Gasteiger partial charge >= 0.3 is 12.1 Å². The Bertz CT molecular complexity index is 1110. The Morgan fingerprint density at radius 1 is 0.938 bits per heavy atom. The van der Waals surface area contributed by atoms with Crippen LogP contribution in [0.2, 0.25) is 0 Å². The third kappa shape index (κ3) is 3.70. The van der Waals surface area contributed by atoms with Gasteiger partial charge in [-0.1, -0.05) is 48.5 Å². The molecule has 1 aliphatic heterocycles. The number of aromatic carboxylic acids is 1. The van der Waals surface area contributed by atoms with Gasteiger partial charge in [0, 0.05) is 37.3 Å². The average Bonchev–Trinajstić information content (AvgIpc) is 3.16. The highest BCUT2D eigenvalue weighted by atomic mass is 16.6. The SMILES string of the molecule is O=C(O)c1cnc(C2CCN(C(=O)OCC3c4ccccc4-c4ccccc43)CC2)nc1. The second kappa shape index (κ2) is 8.42. The molecule has 0 saturated carbocycles. The number of carbonyl (C=O) groups excluding carboxylic acids is 1. The molecule has 1 fully saturated rings. The van der Waals surface area contributed by atoms with Crippen LogP contribution in [0.4, 0.5) is 4.79 Å². The average molecular weight is 429 g/mol. The normalized spacial score (nSPS) is 15.8. The molecular formula is C25H23N3O4. The summed E-state index contributed by atoms with van der Waals surface area (Å²) in [5.74, 6) is -0.260. The number of benzene rings is 2. The van der Waals surface area contributed by atoms with Crippen LogP contribution in [-0.4, -0.2) is 51.7 Å². The quantitative estimate of drug-likeness (QED) is 0.665. The fourth-order valence-electron chi connectivity index (χ4n) is 4.66. The maximum absolute atomic E-state index is 12.7. The van der Waals surface area contributed by atoms with Crippen LogP contribution in [0.1, 0.15) is 52.0 Å². The van der Waals surface area contributed by atoms with Gasteiger partial charge in [0.25, 0.3) is 0 Å². The maximum atomic E-state index is 12.7. The molecule has 7 heteroatoms. The predicted octanol–water partition coefficient (Wildman–Crippen LogP) is 4.30. The van der Waals surface area contributed by atoms with E-state index >= 15 is 0 Å². The van der Waals surface area contributed by atoms with E-state index < -0.39 is 5.97 Å². The minimum absolute atomic E-state index is 0.0463. The van der Waals surface area contributed by atoms with E-state index in [2.05, 4.69) is 34.2 Å². The van der Waals surface area contributed by atoms with Crippen LogP contribution >= 0.6 is 0 Å². The first kappa shape index (κ1) is 20.2. The number of aromatic nitrogens is 2. The van der Waals surface area contributed by atoms with E-state index in [1.54, 1.807) is 4.90 Å². The Labute approximate surface area is 185 Å². The number of ether oxygens (including phenoxy) is 1. The van der Waals surface area contributed by atoms with E-state index in [1.807, 2.05) is 24.3 Å². The van der Waals surface area contributed by atoms with Crippen LogP contribution in [0, 0.1) is 0 Å². The van der Waals surface area contributed by atoms with Crippen molar-refractivity contribution in [2.24, 2.45) is 0 Å². The molecule has 1 N–H and O–H groups in total. The zero-order chi connectivity index (χ0) is 22.1. The predicted molar refractivity (Wildman–Crippen MR) is 118 cm³/mol. The zero-order valence-corrected chi connectivity index (χ0v) is 17.5. The minimum Gasteiger partial charge on any atom is -0.478 e. The molecule has 5 rings (SSSR count). The summed E-state index contributed by atoms with van der Waals surface area (Å²) in [5.41, 5.74) is 4.88. The van der Waals surface area contributed by atoms with Crippen molar-refractivity contribution in [1.82, 2.24) is 14.9 Å².